The first-order valence-electron chi connectivity index (χ1n) is 6.78. The molecule has 0 aliphatic rings. The van der Waals surface area contributed by atoms with Gasteiger partial charge in [0.05, 0.1) is 17.9 Å². The van der Waals surface area contributed by atoms with E-state index in [2.05, 4.69) is 16.4 Å². The molecule has 0 aromatic carbocycles. The number of likely N-dealkylation sites (N-methyl/N-ethyl adjacent to an activating group) is 1. The van der Waals surface area contributed by atoms with Crippen LogP contribution in [-0.4, -0.2) is 31.2 Å². The first-order chi connectivity index (χ1) is 10.1. The number of nitrogens with two attached hydrogens (primary N) is 1. The standard InChI is InChI=1S/C15H19N3O2S/c1-3-20-15(19)12-6-8-17-14(13(12)16)18(2)9-7-11-5-4-10-21-11/h4-6,8,10H,3,7,9,16H2,1-2H3. The minimum atomic E-state index is -0.412. The zero-order chi connectivity index (χ0) is 15.2. The molecule has 5 nitrogen and oxygen atoms in total. The van der Waals surface area contributed by atoms with Gasteiger partial charge in [0.1, 0.15) is 0 Å². The summed E-state index contributed by atoms with van der Waals surface area (Å²) in [6.07, 6.45) is 2.50. The largest absolute Gasteiger partial charge is 0.462 e. The number of ether oxygens (including phenoxy) is 1. The fourth-order valence-corrected chi connectivity index (χ4v) is 2.69. The third-order valence-corrected chi connectivity index (χ3v) is 4.04. The number of thiophene rings is 1. The molecule has 0 unspecified atom stereocenters. The molecular formula is C15H19N3O2S. The summed E-state index contributed by atoms with van der Waals surface area (Å²) in [6, 6.07) is 5.72. The number of carbonyl (C=O) groups is 1. The van der Waals surface area contributed by atoms with Crippen LogP contribution in [0.4, 0.5) is 11.5 Å². The Labute approximate surface area is 128 Å². The number of hydrogen-bond acceptors (Lipinski definition) is 6. The van der Waals surface area contributed by atoms with E-state index >= 15 is 0 Å². The highest BCUT2D eigenvalue weighted by molar-refractivity contribution is 7.09. The topological polar surface area (TPSA) is 68.5 Å². The number of anilines is 2. The predicted molar refractivity (Wildman–Crippen MR) is 85.9 cm³/mol. The average Bonchev–Trinajstić information content (AvgIpc) is 2.98. The van der Waals surface area contributed by atoms with Gasteiger partial charge in [-0.2, -0.15) is 0 Å². The highest BCUT2D eigenvalue weighted by atomic mass is 32.1. The van der Waals surface area contributed by atoms with Crippen molar-refractivity contribution in [2.45, 2.75) is 13.3 Å². The van der Waals surface area contributed by atoms with Crippen LogP contribution in [0.3, 0.4) is 0 Å². The van der Waals surface area contributed by atoms with E-state index in [0.29, 0.717) is 23.7 Å². The van der Waals surface area contributed by atoms with Crippen molar-refractivity contribution in [1.82, 2.24) is 4.98 Å². The van der Waals surface area contributed by atoms with Crippen LogP contribution < -0.4 is 10.6 Å². The lowest BCUT2D eigenvalue weighted by molar-refractivity contribution is 0.0527. The average molecular weight is 305 g/mol. The molecule has 112 valence electrons. The molecule has 0 bridgehead atoms. The van der Waals surface area contributed by atoms with Crippen LogP contribution in [0.5, 0.6) is 0 Å². The van der Waals surface area contributed by atoms with Crippen molar-refractivity contribution in [2.24, 2.45) is 0 Å². The minimum Gasteiger partial charge on any atom is -0.462 e. The van der Waals surface area contributed by atoms with E-state index in [1.807, 2.05) is 18.0 Å². The number of nitrogen functional groups attached to an aromatic ring is 1. The van der Waals surface area contributed by atoms with Crippen LogP contribution in [0, 0.1) is 0 Å². The van der Waals surface area contributed by atoms with Gasteiger partial charge in [-0.1, -0.05) is 6.07 Å². The molecule has 0 radical (unpaired) electrons. The first-order valence-corrected chi connectivity index (χ1v) is 7.66. The summed E-state index contributed by atoms with van der Waals surface area (Å²) in [5.74, 6) is 0.197. The highest BCUT2D eigenvalue weighted by Gasteiger charge is 2.16. The van der Waals surface area contributed by atoms with E-state index in [4.69, 9.17) is 10.5 Å². The number of esters is 1. The van der Waals surface area contributed by atoms with Gasteiger partial charge in [0.2, 0.25) is 0 Å². The Morgan fingerprint density at radius 3 is 2.95 bits per heavy atom. The third kappa shape index (κ3) is 3.72. The third-order valence-electron chi connectivity index (χ3n) is 3.10. The van der Waals surface area contributed by atoms with E-state index in [0.717, 1.165) is 13.0 Å². The molecule has 0 saturated carbocycles. The second kappa shape index (κ2) is 7.08. The smallest absolute Gasteiger partial charge is 0.340 e. The molecule has 0 aliphatic carbocycles. The number of carbonyl (C=O) groups excluding carboxylic acids is 1. The lowest BCUT2D eigenvalue weighted by atomic mass is 10.2. The van der Waals surface area contributed by atoms with E-state index in [-0.39, 0.29) is 0 Å². The molecule has 0 atom stereocenters. The van der Waals surface area contributed by atoms with Gasteiger partial charge in [-0.25, -0.2) is 9.78 Å². The second-order valence-electron chi connectivity index (χ2n) is 4.57. The SMILES string of the molecule is CCOC(=O)c1ccnc(N(C)CCc2cccs2)c1N. The van der Waals surface area contributed by atoms with Crippen molar-refractivity contribution in [2.75, 3.05) is 30.8 Å². The summed E-state index contributed by atoms with van der Waals surface area (Å²) in [5.41, 5.74) is 6.79. The Hall–Kier alpha value is -2.08. The maximum absolute atomic E-state index is 11.8. The summed E-state index contributed by atoms with van der Waals surface area (Å²) in [4.78, 5) is 19.4. The molecule has 0 amide bonds. The summed E-state index contributed by atoms with van der Waals surface area (Å²) in [7, 11) is 1.92. The summed E-state index contributed by atoms with van der Waals surface area (Å²) in [5, 5.41) is 2.06. The Morgan fingerprint density at radius 2 is 2.29 bits per heavy atom. The molecule has 2 aromatic heterocycles. The van der Waals surface area contributed by atoms with Crippen molar-refractivity contribution in [3.63, 3.8) is 0 Å². The van der Waals surface area contributed by atoms with Crippen LogP contribution in [-0.2, 0) is 11.2 Å². The van der Waals surface area contributed by atoms with E-state index in [9.17, 15) is 4.79 Å². The predicted octanol–water partition coefficient (Wildman–Crippen LogP) is 2.58. The molecule has 0 saturated heterocycles. The fraction of sp³-hybridized carbons (Fsp3) is 0.333. The quantitative estimate of drug-likeness (QED) is 0.831. The van der Waals surface area contributed by atoms with Crippen LogP contribution in [0.25, 0.3) is 0 Å². The molecule has 0 fully saturated rings. The van der Waals surface area contributed by atoms with Gasteiger partial charge >= 0.3 is 5.97 Å². The van der Waals surface area contributed by atoms with Crippen LogP contribution in [0.15, 0.2) is 29.8 Å². The van der Waals surface area contributed by atoms with Crippen molar-refractivity contribution in [3.05, 3.63) is 40.2 Å². The number of nitrogens with zero attached hydrogens (tertiary/aromatic N) is 2. The normalized spacial score (nSPS) is 10.4. The van der Waals surface area contributed by atoms with Gasteiger partial charge in [0.15, 0.2) is 5.82 Å². The van der Waals surface area contributed by atoms with Crippen molar-refractivity contribution < 1.29 is 9.53 Å². The Bertz CT molecular complexity index is 599. The first kappa shape index (κ1) is 15.3. The van der Waals surface area contributed by atoms with E-state index in [1.165, 1.54) is 4.88 Å². The molecule has 21 heavy (non-hydrogen) atoms. The van der Waals surface area contributed by atoms with Gasteiger partial charge in [-0.3, -0.25) is 0 Å². The Balaban J connectivity index is 2.11. The lowest BCUT2D eigenvalue weighted by Gasteiger charge is -2.20. The monoisotopic (exact) mass is 305 g/mol. The zero-order valence-corrected chi connectivity index (χ0v) is 13.0. The van der Waals surface area contributed by atoms with Crippen molar-refractivity contribution in [1.29, 1.82) is 0 Å². The maximum atomic E-state index is 11.8. The van der Waals surface area contributed by atoms with Gasteiger partial charge in [-0.15, -0.1) is 11.3 Å². The van der Waals surface area contributed by atoms with Gasteiger partial charge in [-0.05, 0) is 30.9 Å². The molecule has 2 aromatic rings. The van der Waals surface area contributed by atoms with Crippen LogP contribution >= 0.6 is 11.3 Å². The summed E-state index contributed by atoms with van der Waals surface area (Å²) in [6.45, 7) is 2.87. The van der Waals surface area contributed by atoms with E-state index < -0.39 is 5.97 Å². The number of rotatable bonds is 6. The van der Waals surface area contributed by atoms with E-state index in [1.54, 1.807) is 30.5 Å². The second-order valence-corrected chi connectivity index (χ2v) is 5.60. The molecule has 0 aliphatic heterocycles. The Kier molecular flexibility index (Phi) is 5.16. The van der Waals surface area contributed by atoms with Crippen molar-refractivity contribution >= 4 is 28.8 Å². The molecule has 2 N–H and O–H groups in total. The summed E-state index contributed by atoms with van der Waals surface area (Å²) < 4.78 is 5.00. The molecule has 2 rings (SSSR count). The molecular weight excluding hydrogens is 286 g/mol. The number of hydrogen-bond donors (Lipinski definition) is 1. The molecule has 2 heterocycles. The Morgan fingerprint density at radius 1 is 1.48 bits per heavy atom. The van der Waals surface area contributed by atoms with Crippen LogP contribution in [0.1, 0.15) is 22.2 Å². The zero-order valence-electron chi connectivity index (χ0n) is 12.2. The summed E-state index contributed by atoms with van der Waals surface area (Å²) >= 11 is 1.73. The molecule has 0 spiro atoms. The fourth-order valence-electron chi connectivity index (χ4n) is 1.99. The van der Waals surface area contributed by atoms with Crippen molar-refractivity contribution in [3.8, 4) is 0 Å². The van der Waals surface area contributed by atoms with Gasteiger partial charge < -0.3 is 15.4 Å². The van der Waals surface area contributed by atoms with Gasteiger partial charge in [0.25, 0.3) is 0 Å². The lowest BCUT2D eigenvalue weighted by Crippen LogP contribution is -2.23. The minimum absolute atomic E-state index is 0.324. The number of pyridine rings is 1. The highest BCUT2D eigenvalue weighted by Crippen LogP contribution is 2.24. The van der Waals surface area contributed by atoms with Crippen LogP contribution in [0.2, 0.25) is 0 Å². The number of aromatic nitrogens is 1. The molecule has 6 heteroatoms. The maximum Gasteiger partial charge on any atom is 0.340 e. The van der Waals surface area contributed by atoms with Gasteiger partial charge in [0, 0.05) is 24.7 Å².